The summed E-state index contributed by atoms with van der Waals surface area (Å²) in [4.78, 5) is 27.5. The highest BCUT2D eigenvalue weighted by Gasteiger charge is 2.42. The fourth-order valence-corrected chi connectivity index (χ4v) is 4.13. The molecule has 0 fully saturated rings. The van der Waals surface area contributed by atoms with Crippen LogP contribution in [-0.2, 0) is 9.59 Å². The third-order valence-corrected chi connectivity index (χ3v) is 5.38. The summed E-state index contributed by atoms with van der Waals surface area (Å²) in [5.41, 5.74) is 2.35. The second kappa shape index (κ2) is 7.25. The minimum Gasteiger partial charge on any atom is -0.350 e. The average Bonchev–Trinajstić information content (AvgIpc) is 3.24. The molecule has 0 saturated carbocycles. The normalized spacial score (nSPS) is 14.1. The topological polar surface area (TPSA) is 49.4 Å². The van der Waals surface area contributed by atoms with E-state index in [0.717, 1.165) is 29.3 Å². The minimum absolute atomic E-state index is 0.0334. The summed E-state index contributed by atoms with van der Waals surface area (Å²) in [6, 6.07) is 11.8. The lowest BCUT2D eigenvalue weighted by Crippen LogP contribution is -2.33. The third kappa shape index (κ3) is 3.45. The maximum absolute atomic E-state index is 14.3. The SMILES string of the molecule is Cc1cc(C)cc(NC2=C(c3cccs3)C(=O)N(c3cc(F)ccc3F)C2=O)c1. The number of aryl methyl sites for hydroxylation is 2. The van der Waals surface area contributed by atoms with Gasteiger partial charge < -0.3 is 5.32 Å². The number of benzene rings is 2. The van der Waals surface area contributed by atoms with E-state index in [1.807, 2.05) is 32.0 Å². The Labute approximate surface area is 170 Å². The van der Waals surface area contributed by atoms with E-state index in [1.165, 1.54) is 11.3 Å². The summed E-state index contributed by atoms with van der Waals surface area (Å²) < 4.78 is 28.1. The Bertz CT molecular complexity index is 1150. The predicted molar refractivity (Wildman–Crippen MR) is 110 cm³/mol. The number of thiophene rings is 1. The molecule has 1 aliphatic rings. The van der Waals surface area contributed by atoms with Gasteiger partial charge in [-0.15, -0.1) is 11.3 Å². The molecule has 1 aromatic heterocycles. The smallest absolute Gasteiger partial charge is 0.282 e. The first-order valence-electron chi connectivity index (χ1n) is 8.82. The number of hydrogen-bond donors (Lipinski definition) is 1. The van der Waals surface area contributed by atoms with E-state index in [4.69, 9.17) is 0 Å². The van der Waals surface area contributed by atoms with Gasteiger partial charge in [0.1, 0.15) is 17.3 Å². The third-order valence-electron chi connectivity index (χ3n) is 4.49. The van der Waals surface area contributed by atoms with Crippen LogP contribution >= 0.6 is 11.3 Å². The predicted octanol–water partition coefficient (Wildman–Crippen LogP) is 5.04. The van der Waals surface area contributed by atoms with Gasteiger partial charge in [0.05, 0.1) is 11.3 Å². The summed E-state index contributed by atoms with van der Waals surface area (Å²) in [6.45, 7) is 3.84. The summed E-state index contributed by atoms with van der Waals surface area (Å²) in [5, 5.41) is 4.81. The van der Waals surface area contributed by atoms with Crippen molar-refractivity contribution in [1.82, 2.24) is 0 Å². The van der Waals surface area contributed by atoms with Crippen molar-refractivity contribution in [2.75, 3.05) is 10.2 Å². The number of carbonyl (C=O) groups is 2. The fourth-order valence-electron chi connectivity index (χ4n) is 3.36. The second-order valence-electron chi connectivity index (χ2n) is 6.77. The Morgan fingerprint density at radius 2 is 1.66 bits per heavy atom. The lowest BCUT2D eigenvalue weighted by molar-refractivity contribution is -0.120. The van der Waals surface area contributed by atoms with Gasteiger partial charge in [-0.1, -0.05) is 12.1 Å². The molecule has 0 spiro atoms. The molecule has 7 heteroatoms. The Kier molecular flexibility index (Phi) is 4.76. The molecule has 0 radical (unpaired) electrons. The molecular formula is C22H16F2N2O2S. The van der Waals surface area contributed by atoms with Gasteiger partial charge in [-0.2, -0.15) is 0 Å². The van der Waals surface area contributed by atoms with E-state index in [-0.39, 0.29) is 11.3 Å². The van der Waals surface area contributed by atoms with Gasteiger partial charge in [0.2, 0.25) is 0 Å². The van der Waals surface area contributed by atoms with Crippen LogP contribution < -0.4 is 10.2 Å². The van der Waals surface area contributed by atoms with Crippen molar-refractivity contribution < 1.29 is 18.4 Å². The van der Waals surface area contributed by atoms with Gasteiger partial charge in [-0.05, 0) is 60.7 Å². The van der Waals surface area contributed by atoms with Crippen molar-refractivity contribution in [2.45, 2.75) is 13.8 Å². The Balaban J connectivity index is 1.84. The van der Waals surface area contributed by atoms with E-state index in [2.05, 4.69) is 5.32 Å². The molecule has 0 bridgehead atoms. The fraction of sp³-hybridized carbons (Fsp3) is 0.0909. The molecule has 146 valence electrons. The minimum atomic E-state index is -0.855. The largest absolute Gasteiger partial charge is 0.350 e. The zero-order valence-corrected chi connectivity index (χ0v) is 16.4. The first-order chi connectivity index (χ1) is 13.8. The van der Waals surface area contributed by atoms with E-state index in [0.29, 0.717) is 15.5 Å². The van der Waals surface area contributed by atoms with E-state index in [9.17, 15) is 18.4 Å². The first-order valence-corrected chi connectivity index (χ1v) is 9.70. The number of halogens is 2. The van der Waals surface area contributed by atoms with Gasteiger partial charge in [0.15, 0.2) is 0 Å². The molecule has 1 aliphatic heterocycles. The Morgan fingerprint density at radius 1 is 0.931 bits per heavy atom. The van der Waals surface area contributed by atoms with Crippen molar-refractivity contribution in [3.63, 3.8) is 0 Å². The number of anilines is 2. The highest BCUT2D eigenvalue weighted by molar-refractivity contribution is 7.11. The molecule has 4 nitrogen and oxygen atoms in total. The van der Waals surface area contributed by atoms with Crippen LogP contribution in [0.4, 0.5) is 20.2 Å². The molecule has 0 saturated heterocycles. The number of rotatable bonds is 4. The van der Waals surface area contributed by atoms with Gasteiger partial charge in [-0.3, -0.25) is 9.59 Å². The molecule has 2 heterocycles. The number of carbonyl (C=O) groups excluding carboxylic acids is 2. The van der Waals surface area contributed by atoms with Gasteiger partial charge in [0, 0.05) is 16.6 Å². The lowest BCUT2D eigenvalue weighted by atomic mass is 10.1. The number of nitrogens with zero attached hydrogens (tertiary/aromatic N) is 1. The summed E-state index contributed by atoms with van der Waals surface area (Å²) in [7, 11) is 0. The van der Waals surface area contributed by atoms with E-state index < -0.39 is 29.1 Å². The van der Waals surface area contributed by atoms with E-state index >= 15 is 0 Å². The van der Waals surface area contributed by atoms with Crippen LogP contribution in [0.3, 0.4) is 0 Å². The number of hydrogen-bond acceptors (Lipinski definition) is 4. The van der Waals surface area contributed by atoms with Crippen molar-refractivity contribution in [2.24, 2.45) is 0 Å². The number of amides is 2. The van der Waals surface area contributed by atoms with Crippen LogP contribution in [0.1, 0.15) is 16.0 Å². The van der Waals surface area contributed by atoms with Gasteiger partial charge in [0.25, 0.3) is 11.8 Å². The summed E-state index contributed by atoms with van der Waals surface area (Å²) >= 11 is 1.29. The Morgan fingerprint density at radius 3 is 2.31 bits per heavy atom. The van der Waals surface area contributed by atoms with Crippen molar-refractivity contribution in [3.8, 4) is 0 Å². The quantitative estimate of drug-likeness (QED) is 0.613. The standard InChI is InChI=1S/C22H16F2N2O2S/c1-12-8-13(2)10-15(9-12)25-20-19(18-4-3-7-29-18)21(27)26(22(20)28)17-11-14(23)5-6-16(17)24/h3-11,25H,1-2H3. The monoisotopic (exact) mass is 410 g/mol. The number of imide groups is 1. The van der Waals surface area contributed by atoms with Crippen LogP contribution in [0.15, 0.2) is 59.6 Å². The molecule has 0 aliphatic carbocycles. The van der Waals surface area contributed by atoms with Crippen LogP contribution in [0.2, 0.25) is 0 Å². The molecule has 2 amide bonds. The van der Waals surface area contributed by atoms with E-state index in [1.54, 1.807) is 17.5 Å². The maximum Gasteiger partial charge on any atom is 0.282 e. The van der Waals surface area contributed by atoms with Gasteiger partial charge >= 0.3 is 0 Å². The lowest BCUT2D eigenvalue weighted by Gasteiger charge is -2.16. The first kappa shape index (κ1) is 19.0. The average molecular weight is 410 g/mol. The number of nitrogens with one attached hydrogen (secondary N) is 1. The molecular weight excluding hydrogens is 394 g/mol. The Hall–Kier alpha value is -3.32. The van der Waals surface area contributed by atoms with Crippen molar-refractivity contribution in [3.05, 3.63) is 87.2 Å². The highest BCUT2D eigenvalue weighted by atomic mass is 32.1. The highest BCUT2D eigenvalue weighted by Crippen LogP contribution is 2.36. The zero-order valence-electron chi connectivity index (χ0n) is 15.6. The molecule has 0 atom stereocenters. The van der Waals surface area contributed by atoms with Crippen molar-refractivity contribution >= 4 is 40.1 Å². The van der Waals surface area contributed by atoms with Gasteiger partial charge in [-0.25, -0.2) is 13.7 Å². The van der Waals surface area contributed by atoms with Crippen LogP contribution in [0, 0.1) is 25.5 Å². The summed E-state index contributed by atoms with van der Waals surface area (Å²) in [5.74, 6) is -3.03. The molecule has 0 unspecified atom stereocenters. The molecule has 1 N–H and O–H groups in total. The molecule has 29 heavy (non-hydrogen) atoms. The molecule has 4 rings (SSSR count). The molecule has 2 aromatic carbocycles. The van der Waals surface area contributed by atoms with Crippen molar-refractivity contribution in [1.29, 1.82) is 0 Å². The zero-order chi connectivity index (χ0) is 20.7. The maximum atomic E-state index is 14.3. The molecule has 3 aromatic rings. The van der Waals surface area contributed by atoms with Crippen LogP contribution in [0.25, 0.3) is 5.57 Å². The van der Waals surface area contributed by atoms with Crippen LogP contribution in [-0.4, -0.2) is 11.8 Å². The summed E-state index contributed by atoms with van der Waals surface area (Å²) in [6.07, 6.45) is 0. The second-order valence-corrected chi connectivity index (χ2v) is 7.72. The van der Waals surface area contributed by atoms with Crippen LogP contribution in [0.5, 0.6) is 0 Å².